The summed E-state index contributed by atoms with van der Waals surface area (Å²) in [4.78, 5) is 2.58. The minimum Gasteiger partial charge on any atom is -0.383 e. The van der Waals surface area contributed by atoms with Gasteiger partial charge in [0.25, 0.3) is 0 Å². The van der Waals surface area contributed by atoms with Crippen molar-refractivity contribution in [1.29, 1.82) is 0 Å². The first-order valence-corrected chi connectivity index (χ1v) is 7.61. The zero-order chi connectivity index (χ0) is 13.5. The van der Waals surface area contributed by atoms with E-state index in [0.29, 0.717) is 18.2 Å². The molecule has 0 amide bonds. The zero-order valence-electron chi connectivity index (χ0n) is 12.1. The predicted molar refractivity (Wildman–Crippen MR) is 76.3 cm³/mol. The number of hydrogen-bond acceptors (Lipinski definition) is 5. The van der Waals surface area contributed by atoms with Crippen molar-refractivity contribution < 1.29 is 9.47 Å². The van der Waals surface area contributed by atoms with Gasteiger partial charge in [-0.3, -0.25) is 4.90 Å². The van der Waals surface area contributed by atoms with Gasteiger partial charge in [-0.1, -0.05) is 0 Å². The lowest BCUT2D eigenvalue weighted by Gasteiger charge is -2.36. The standard InChI is InChI=1S/C14H29N3O2/c1-18-10-12(4-2-6-15)16-8-14-9-17-7-3-5-13(17)11-19-14/h12-14,16H,2-11,15H2,1H3. The number of nitrogens with zero attached hydrogens (tertiary/aromatic N) is 1. The van der Waals surface area contributed by atoms with Crippen LogP contribution in [0.1, 0.15) is 25.7 Å². The average molecular weight is 271 g/mol. The molecule has 0 saturated carbocycles. The maximum Gasteiger partial charge on any atom is 0.0827 e. The second-order valence-corrected chi connectivity index (χ2v) is 5.74. The lowest BCUT2D eigenvalue weighted by Crippen LogP contribution is -2.51. The van der Waals surface area contributed by atoms with Crippen LogP contribution in [-0.2, 0) is 9.47 Å². The Morgan fingerprint density at radius 3 is 3.21 bits per heavy atom. The highest BCUT2D eigenvalue weighted by Gasteiger charge is 2.32. The number of morpholine rings is 1. The molecule has 0 bridgehead atoms. The van der Waals surface area contributed by atoms with Crippen molar-refractivity contribution in [2.24, 2.45) is 5.73 Å². The third-order valence-electron chi connectivity index (χ3n) is 4.22. The SMILES string of the molecule is COCC(CCCN)NCC1CN2CCCC2CO1. The molecule has 2 aliphatic rings. The molecule has 3 atom stereocenters. The summed E-state index contributed by atoms with van der Waals surface area (Å²) < 4.78 is 11.2. The smallest absolute Gasteiger partial charge is 0.0827 e. The highest BCUT2D eigenvalue weighted by atomic mass is 16.5. The Morgan fingerprint density at radius 2 is 2.42 bits per heavy atom. The summed E-state index contributed by atoms with van der Waals surface area (Å²) in [5.41, 5.74) is 5.57. The highest BCUT2D eigenvalue weighted by molar-refractivity contribution is 4.86. The van der Waals surface area contributed by atoms with Crippen LogP contribution in [0.3, 0.4) is 0 Å². The third kappa shape index (κ3) is 4.68. The molecule has 3 unspecified atom stereocenters. The summed E-state index contributed by atoms with van der Waals surface area (Å²) in [6, 6.07) is 1.08. The maximum atomic E-state index is 5.96. The molecule has 0 aromatic carbocycles. The van der Waals surface area contributed by atoms with Gasteiger partial charge in [0.15, 0.2) is 0 Å². The van der Waals surface area contributed by atoms with E-state index < -0.39 is 0 Å². The van der Waals surface area contributed by atoms with E-state index in [1.54, 1.807) is 7.11 Å². The summed E-state index contributed by atoms with van der Waals surface area (Å²) in [6.45, 7) is 5.65. The molecule has 3 N–H and O–H groups in total. The van der Waals surface area contributed by atoms with Crippen molar-refractivity contribution in [1.82, 2.24) is 10.2 Å². The van der Waals surface area contributed by atoms with Crippen molar-refractivity contribution in [2.45, 2.75) is 43.9 Å². The first-order valence-electron chi connectivity index (χ1n) is 7.61. The van der Waals surface area contributed by atoms with E-state index in [2.05, 4.69) is 10.2 Å². The molecule has 112 valence electrons. The van der Waals surface area contributed by atoms with Gasteiger partial charge in [-0.2, -0.15) is 0 Å². The Labute approximate surface area is 116 Å². The topological polar surface area (TPSA) is 59.8 Å². The largest absolute Gasteiger partial charge is 0.383 e. The molecule has 0 aliphatic carbocycles. The zero-order valence-corrected chi connectivity index (χ0v) is 12.1. The quantitative estimate of drug-likeness (QED) is 0.660. The summed E-state index contributed by atoms with van der Waals surface area (Å²) in [6.07, 6.45) is 5.08. The van der Waals surface area contributed by atoms with Gasteiger partial charge >= 0.3 is 0 Å². The van der Waals surface area contributed by atoms with Gasteiger partial charge in [0.1, 0.15) is 0 Å². The Balaban J connectivity index is 1.68. The molecule has 0 aromatic heterocycles. The van der Waals surface area contributed by atoms with Gasteiger partial charge in [-0.15, -0.1) is 0 Å². The van der Waals surface area contributed by atoms with E-state index in [1.165, 1.54) is 19.4 Å². The van der Waals surface area contributed by atoms with Crippen molar-refractivity contribution in [3.63, 3.8) is 0 Å². The van der Waals surface area contributed by atoms with Crippen LogP contribution in [0.5, 0.6) is 0 Å². The molecule has 5 heteroatoms. The van der Waals surface area contributed by atoms with E-state index in [9.17, 15) is 0 Å². The third-order valence-corrected chi connectivity index (χ3v) is 4.22. The lowest BCUT2D eigenvalue weighted by atomic mass is 10.1. The van der Waals surface area contributed by atoms with Gasteiger partial charge < -0.3 is 20.5 Å². The van der Waals surface area contributed by atoms with Crippen LogP contribution in [0.4, 0.5) is 0 Å². The fourth-order valence-electron chi connectivity index (χ4n) is 3.12. The molecule has 5 nitrogen and oxygen atoms in total. The molecule has 0 aromatic rings. The molecule has 2 aliphatic heterocycles. The number of methoxy groups -OCH3 is 1. The maximum absolute atomic E-state index is 5.96. The van der Waals surface area contributed by atoms with Gasteiger partial charge in [-0.05, 0) is 38.8 Å². The van der Waals surface area contributed by atoms with E-state index in [1.807, 2.05) is 0 Å². The van der Waals surface area contributed by atoms with Crippen LogP contribution in [-0.4, -0.2) is 69.6 Å². The number of ether oxygens (including phenoxy) is 2. The number of hydrogen-bond donors (Lipinski definition) is 2. The molecule has 2 rings (SSSR count). The lowest BCUT2D eigenvalue weighted by molar-refractivity contribution is -0.0487. The molecule has 2 heterocycles. The van der Waals surface area contributed by atoms with Crippen LogP contribution in [0.25, 0.3) is 0 Å². The molecule has 0 spiro atoms. The Kier molecular flexibility index (Phi) is 6.53. The number of nitrogens with one attached hydrogen (secondary N) is 1. The van der Waals surface area contributed by atoms with Crippen LogP contribution in [0.2, 0.25) is 0 Å². The number of nitrogens with two attached hydrogens (primary N) is 1. The van der Waals surface area contributed by atoms with Crippen molar-refractivity contribution in [2.75, 3.05) is 46.5 Å². The van der Waals surface area contributed by atoms with Crippen LogP contribution in [0.15, 0.2) is 0 Å². The van der Waals surface area contributed by atoms with Crippen LogP contribution >= 0.6 is 0 Å². The van der Waals surface area contributed by atoms with Crippen LogP contribution < -0.4 is 11.1 Å². The highest BCUT2D eigenvalue weighted by Crippen LogP contribution is 2.22. The van der Waals surface area contributed by atoms with E-state index in [-0.39, 0.29) is 0 Å². The summed E-state index contributed by atoms with van der Waals surface area (Å²) in [5, 5.41) is 3.57. The number of rotatable bonds is 8. The minimum atomic E-state index is 0.326. The normalized spacial score (nSPS) is 29.4. The van der Waals surface area contributed by atoms with Gasteiger partial charge in [-0.25, -0.2) is 0 Å². The summed E-state index contributed by atoms with van der Waals surface area (Å²) in [7, 11) is 1.75. The van der Waals surface area contributed by atoms with Crippen molar-refractivity contribution in [3.8, 4) is 0 Å². The summed E-state index contributed by atoms with van der Waals surface area (Å²) >= 11 is 0. The Hall–Kier alpha value is -0.200. The fraction of sp³-hybridized carbons (Fsp3) is 1.00. The van der Waals surface area contributed by atoms with Gasteiger partial charge in [0, 0.05) is 32.3 Å². The predicted octanol–water partition coefficient (Wildman–Crippen LogP) is 0.193. The molecule has 19 heavy (non-hydrogen) atoms. The van der Waals surface area contributed by atoms with Crippen molar-refractivity contribution in [3.05, 3.63) is 0 Å². The van der Waals surface area contributed by atoms with E-state index in [4.69, 9.17) is 15.2 Å². The van der Waals surface area contributed by atoms with Crippen LogP contribution in [0, 0.1) is 0 Å². The molecular weight excluding hydrogens is 242 g/mol. The molecular formula is C14H29N3O2. The monoisotopic (exact) mass is 271 g/mol. The average Bonchev–Trinajstić information content (AvgIpc) is 2.89. The van der Waals surface area contributed by atoms with E-state index in [0.717, 1.165) is 45.7 Å². The first kappa shape index (κ1) is 15.2. The molecule has 0 radical (unpaired) electrons. The van der Waals surface area contributed by atoms with Gasteiger partial charge in [0.05, 0.1) is 19.3 Å². The second-order valence-electron chi connectivity index (χ2n) is 5.74. The fourth-order valence-corrected chi connectivity index (χ4v) is 3.12. The number of fused-ring (bicyclic) bond motifs is 1. The Morgan fingerprint density at radius 1 is 1.53 bits per heavy atom. The van der Waals surface area contributed by atoms with E-state index >= 15 is 0 Å². The summed E-state index contributed by atoms with van der Waals surface area (Å²) in [5.74, 6) is 0. The minimum absolute atomic E-state index is 0.326. The second kappa shape index (κ2) is 8.17. The van der Waals surface area contributed by atoms with Gasteiger partial charge in [0.2, 0.25) is 0 Å². The van der Waals surface area contributed by atoms with Crippen molar-refractivity contribution >= 4 is 0 Å². The molecule has 2 saturated heterocycles. The first-order chi connectivity index (χ1) is 9.33. The molecule has 2 fully saturated rings. The Bertz CT molecular complexity index is 253.